The molecular formula is C8H16Cl2N2O2. The molecule has 4 nitrogen and oxygen atoms in total. The van der Waals surface area contributed by atoms with E-state index in [1.54, 1.807) is 0 Å². The number of rotatable bonds is 1. The maximum atomic E-state index is 11.5. The first-order chi connectivity index (χ1) is 5.79. The molecule has 0 saturated carbocycles. The molecule has 0 aromatic carbocycles. The number of esters is 1. The van der Waals surface area contributed by atoms with Gasteiger partial charge in [-0.15, -0.1) is 24.8 Å². The summed E-state index contributed by atoms with van der Waals surface area (Å²) in [6.07, 6.45) is 0. The number of carbonyl (C=O) groups is 1. The van der Waals surface area contributed by atoms with Gasteiger partial charge < -0.3 is 15.4 Å². The van der Waals surface area contributed by atoms with Gasteiger partial charge in [0.15, 0.2) is 0 Å². The summed E-state index contributed by atoms with van der Waals surface area (Å²) in [4.78, 5) is 11.5. The summed E-state index contributed by atoms with van der Waals surface area (Å²) in [6, 6.07) is 0. The fourth-order valence-electron chi connectivity index (χ4n) is 2.27. The van der Waals surface area contributed by atoms with Crippen LogP contribution in [0.15, 0.2) is 0 Å². The molecule has 2 aliphatic rings. The summed E-state index contributed by atoms with van der Waals surface area (Å²) in [6.45, 7) is 3.39. The highest BCUT2D eigenvalue weighted by molar-refractivity contribution is 5.85. The Hall–Kier alpha value is -0.0300. The van der Waals surface area contributed by atoms with E-state index in [1.807, 2.05) is 0 Å². The number of fused-ring (bicyclic) bond motifs is 1. The molecule has 0 amide bonds. The second-order valence-corrected chi connectivity index (χ2v) is 3.61. The molecule has 2 N–H and O–H groups in total. The molecule has 2 aliphatic heterocycles. The SMILES string of the molecule is COC(=O)C12CNCC1CNC2.Cl.Cl. The molecule has 2 heterocycles. The van der Waals surface area contributed by atoms with Gasteiger partial charge in [0, 0.05) is 32.1 Å². The Bertz CT molecular complexity index is 204. The van der Waals surface area contributed by atoms with Gasteiger partial charge in [-0.3, -0.25) is 4.79 Å². The summed E-state index contributed by atoms with van der Waals surface area (Å²) in [7, 11) is 1.46. The quantitative estimate of drug-likeness (QED) is 0.627. The van der Waals surface area contributed by atoms with Gasteiger partial charge in [0.2, 0.25) is 0 Å². The average molecular weight is 243 g/mol. The Labute approximate surface area is 96.0 Å². The average Bonchev–Trinajstić information content (AvgIpc) is 2.60. The Kier molecular flexibility index (Phi) is 5.15. The summed E-state index contributed by atoms with van der Waals surface area (Å²) in [5.74, 6) is 0.354. The van der Waals surface area contributed by atoms with Crippen LogP contribution < -0.4 is 10.6 Å². The lowest BCUT2D eigenvalue weighted by Crippen LogP contribution is -2.40. The lowest BCUT2D eigenvalue weighted by Gasteiger charge is -2.23. The van der Waals surface area contributed by atoms with E-state index >= 15 is 0 Å². The van der Waals surface area contributed by atoms with Crippen molar-refractivity contribution in [1.29, 1.82) is 0 Å². The number of nitrogens with one attached hydrogen (secondary N) is 2. The van der Waals surface area contributed by atoms with Gasteiger partial charge >= 0.3 is 5.97 Å². The Balaban J connectivity index is 0.000000845. The molecule has 0 spiro atoms. The standard InChI is InChI=1S/C8H14N2O2.2ClH/c1-12-7(11)8-4-9-2-6(8)3-10-5-8;;/h6,9-10H,2-5H2,1H3;2*1H. The zero-order valence-electron chi connectivity index (χ0n) is 8.04. The molecule has 0 aromatic heterocycles. The maximum absolute atomic E-state index is 11.5. The third-order valence-corrected chi connectivity index (χ3v) is 3.04. The van der Waals surface area contributed by atoms with Crippen LogP contribution in [0, 0.1) is 11.3 Å². The van der Waals surface area contributed by atoms with Gasteiger partial charge in [0.05, 0.1) is 12.5 Å². The van der Waals surface area contributed by atoms with E-state index in [1.165, 1.54) is 7.11 Å². The lowest BCUT2D eigenvalue weighted by atomic mass is 9.81. The molecule has 0 unspecified atom stereocenters. The second kappa shape index (κ2) is 5.16. The van der Waals surface area contributed by atoms with Crippen LogP contribution >= 0.6 is 24.8 Å². The smallest absolute Gasteiger partial charge is 0.314 e. The fourth-order valence-corrected chi connectivity index (χ4v) is 2.27. The van der Waals surface area contributed by atoms with E-state index in [2.05, 4.69) is 10.6 Å². The van der Waals surface area contributed by atoms with E-state index < -0.39 is 0 Å². The van der Waals surface area contributed by atoms with Gasteiger partial charge in [0.25, 0.3) is 0 Å². The Morgan fingerprint density at radius 2 is 1.79 bits per heavy atom. The molecule has 6 heteroatoms. The minimum Gasteiger partial charge on any atom is -0.469 e. The third kappa shape index (κ3) is 1.84. The van der Waals surface area contributed by atoms with E-state index in [0.29, 0.717) is 5.92 Å². The normalized spacial score (nSPS) is 33.9. The molecule has 2 rings (SSSR count). The molecule has 2 fully saturated rings. The van der Waals surface area contributed by atoms with Crippen molar-refractivity contribution in [2.75, 3.05) is 33.3 Å². The van der Waals surface area contributed by atoms with Crippen molar-refractivity contribution in [1.82, 2.24) is 10.6 Å². The molecular weight excluding hydrogens is 227 g/mol. The number of ether oxygens (including phenoxy) is 1. The van der Waals surface area contributed by atoms with Gasteiger partial charge in [-0.2, -0.15) is 0 Å². The lowest BCUT2D eigenvalue weighted by molar-refractivity contribution is -0.152. The summed E-state index contributed by atoms with van der Waals surface area (Å²) in [5.41, 5.74) is -0.269. The van der Waals surface area contributed by atoms with Gasteiger partial charge in [-0.1, -0.05) is 0 Å². The second-order valence-electron chi connectivity index (χ2n) is 3.61. The van der Waals surface area contributed by atoms with Crippen molar-refractivity contribution in [3.8, 4) is 0 Å². The number of halogens is 2. The predicted molar refractivity (Wildman–Crippen MR) is 58.2 cm³/mol. The molecule has 0 atom stereocenters. The van der Waals surface area contributed by atoms with E-state index in [9.17, 15) is 4.79 Å². The molecule has 2 saturated heterocycles. The topological polar surface area (TPSA) is 50.4 Å². The first-order valence-electron chi connectivity index (χ1n) is 4.29. The first kappa shape index (κ1) is 14.0. The monoisotopic (exact) mass is 242 g/mol. The molecule has 84 valence electrons. The number of hydrogen-bond donors (Lipinski definition) is 2. The summed E-state index contributed by atoms with van der Waals surface area (Å²) in [5, 5.41) is 6.48. The highest BCUT2D eigenvalue weighted by atomic mass is 35.5. The summed E-state index contributed by atoms with van der Waals surface area (Å²) >= 11 is 0. The van der Waals surface area contributed by atoms with Crippen LogP contribution in [0.3, 0.4) is 0 Å². The summed E-state index contributed by atoms with van der Waals surface area (Å²) < 4.78 is 4.82. The van der Waals surface area contributed by atoms with Crippen LogP contribution in [0.1, 0.15) is 0 Å². The first-order valence-corrected chi connectivity index (χ1v) is 4.29. The van der Waals surface area contributed by atoms with Crippen molar-refractivity contribution in [2.24, 2.45) is 11.3 Å². The van der Waals surface area contributed by atoms with Crippen molar-refractivity contribution in [3.05, 3.63) is 0 Å². The van der Waals surface area contributed by atoms with Crippen molar-refractivity contribution >= 4 is 30.8 Å². The zero-order valence-corrected chi connectivity index (χ0v) is 9.67. The van der Waals surface area contributed by atoms with Crippen molar-refractivity contribution < 1.29 is 9.53 Å². The van der Waals surface area contributed by atoms with Gasteiger partial charge in [-0.05, 0) is 0 Å². The minimum absolute atomic E-state index is 0. The Morgan fingerprint density at radius 1 is 1.29 bits per heavy atom. The number of methoxy groups -OCH3 is 1. The molecule has 0 aliphatic carbocycles. The zero-order chi connectivity index (χ0) is 8.60. The molecule has 0 bridgehead atoms. The van der Waals surface area contributed by atoms with Crippen molar-refractivity contribution in [3.63, 3.8) is 0 Å². The number of hydrogen-bond acceptors (Lipinski definition) is 4. The maximum Gasteiger partial charge on any atom is 0.314 e. The van der Waals surface area contributed by atoms with E-state index in [4.69, 9.17) is 4.74 Å². The molecule has 14 heavy (non-hydrogen) atoms. The largest absolute Gasteiger partial charge is 0.469 e. The van der Waals surface area contributed by atoms with E-state index in [0.717, 1.165) is 26.2 Å². The van der Waals surface area contributed by atoms with Crippen LogP contribution in [0.2, 0.25) is 0 Å². The van der Waals surface area contributed by atoms with Crippen LogP contribution in [0.4, 0.5) is 0 Å². The van der Waals surface area contributed by atoms with Crippen LogP contribution in [-0.2, 0) is 9.53 Å². The predicted octanol–water partition coefficient (Wildman–Crippen LogP) is -0.188. The highest BCUT2D eigenvalue weighted by Gasteiger charge is 2.52. The van der Waals surface area contributed by atoms with Crippen molar-refractivity contribution in [2.45, 2.75) is 0 Å². The van der Waals surface area contributed by atoms with Gasteiger partial charge in [-0.25, -0.2) is 0 Å². The van der Waals surface area contributed by atoms with Crippen LogP contribution in [-0.4, -0.2) is 39.3 Å². The Morgan fingerprint density at radius 3 is 2.21 bits per heavy atom. The van der Waals surface area contributed by atoms with Crippen LogP contribution in [0.25, 0.3) is 0 Å². The van der Waals surface area contributed by atoms with Gasteiger partial charge in [0.1, 0.15) is 0 Å². The van der Waals surface area contributed by atoms with Crippen LogP contribution in [0.5, 0.6) is 0 Å². The van der Waals surface area contributed by atoms with E-state index in [-0.39, 0.29) is 36.2 Å². The minimum atomic E-state index is -0.269. The molecule has 0 aromatic rings. The number of carbonyl (C=O) groups excluding carboxylic acids is 1. The fraction of sp³-hybridized carbons (Fsp3) is 0.875. The highest BCUT2D eigenvalue weighted by Crippen LogP contribution is 2.35. The third-order valence-electron chi connectivity index (χ3n) is 3.04. The molecule has 0 radical (unpaired) electrons.